The van der Waals surface area contributed by atoms with Crippen LogP contribution in [0.5, 0.6) is 5.75 Å². The molecule has 0 saturated carbocycles. The Bertz CT molecular complexity index is 658. The molecule has 2 rings (SSSR count). The lowest BCUT2D eigenvalue weighted by atomic mass is 10.2. The summed E-state index contributed by atoms with van der Waals surface area (Å²) in [6.45, 7) is 8.09. The number of hydrogen-bond acceptors (Lipinski definition) is 6. The minimum absolute atomic E-state index is 0.203. The van der Waals surface area contributed by atoms with Crippen molar-refractivity contribution in [2.24, 2.45) is 0 Å². The summed E-state index contributed by atoms with van der Waals surface area (Å²) in [4.78, 5) is 12.4. The molecule has 1 aromatic heterocycles. The number of thioether (sulfide) groups is 1. The van der Waals surface area contributed by atoms with Crippen LogP contribution in [0.15, 0.2) is 28.6 Å². The van der Waals surface area contributed by atoms with Crippen molar-refractivity contribution in [2.75, 3.05) is 5.32 Å². The van der Waals surface area contributed by atoms with E-state index in [1.807, 2.05) is 38.1 Å². The Labute approximate surface area is 144 Å². The van der Waals surface area contributed by atoms with Crippen LogP contribution in [0.3, 0.4) is 0 Å². The van der Waals surface area contributed by atoms with Crippen molar-refractivity contribution in [1.82, 2.24) is 10.2 Å². The molecule has 2 aromatic rings. The lowest BCUT2D eigenvalue weighted by Gasteiger charge is -2.16. The van der Waals surface area contributed by atoms with E-state index in [0.717, 1.165) is 9.90 Å². The Morgan fingerprint density at radius 1 is 1.39 bits per heavy atom. The second kappa shape index (κ2) is 8.31. The highest BCUT2D eigenvalue weighted by Gasteiger charge is 2.20. The number of ether oxygens (including phenoxy) is 1. The molecule has 23 heavy (non-hydrogen) atoms. The minimum Gasteiger partial charge on any atom is -0.481 e. The van der Waals surface area contributed by atoms with Crippen LogP contribution in [-0.2, 0) is 4.79 Å². The fourth-order valence-corrected chi connectivity index (χ4v) is 3.85. The van der Waals surface area contributed by atoms with E-state index in [4.69, 9.17) is 4.74 Å². The summed E-state index contributed by atoms with van der Waals surface area (Å²) in [7, 11) is 0. The average molecular weight is 351 g/mol. The third-order valence-corrected chi connectivity index (χ3v) is 4.83. The molecule has 124 valence electrons. The molecule has 0 unspecified atom stereocenters. The predicted molar refractivity (Wildman–Crippen MR) is 95.4 cm³/mol. The van der Waals surface area contributed by atoms with E-state index < -0.39 is 6.10 Å². The summed E-state index contributed by atoms with van der Waals surface area (Å²) >= 11 is 3.01. The number of anilines is 1. The highest BCUT2D eigenvalue weighted by molar-refractivity contribution is 8.01. The third kappa shape index (κ3) is 5.51. The van der Waals surface area contributed by atoms with E-state index >= 15 is 0 Å². The zero-order chi connectivity index (χ0) is 16.8. The van der Waals surface area contributed by atoms with Gasteiger partial charge in [-0.05, 0) is 31.0 Å². The van der Waals surface area contributed by atoms with Crippen LogP contribution in [0, 0.1) is 6.92 Å². The molecule has 0 aliphatic rings. The lowest BCUT2D eigenvalue weighted by Crippen LogP contribution is -2.32. The summed E-state index contributed by atoms with van der Waals surface area (Å²) in [5, 5.41) is 11.8. The van der Waals surface area contributed by atoms with Crippen LogP contribution in [0.2, 0.25) is 0 Å². The van der Waals surface area contributed by atoms with Crippen molar-refractivity contribution in [2.45, 2.75) is 49.8 Å². The molecule has 1 amide bonds. The summed E-state index contributed by atoms with van der Waals surface area (Å²) in [5.74, 6) is 0.492. The summed E-state index contributed by atoms with van der Waals surface area (Å²) in [6, 6.07) is 7.67. The largest absolute Gasteiger partial charge is 0.481 e. The number of carbonyl (C=O) groups excluding carboxylic acids is 1. The van der Waals surface area contributed by atoms with Crippen molar-refractivity contribution >= 4 is 34.1 Å². The summed E-state index contributed by atoms with van der Waals surface area (Å²) in [6.07, 6.45) is 0.0218. The molecule has 0 aliphatic heterocycles. The van der Waals surface area contributed by atoms with Gasteiger partial charge in [0.15, 0.2) is 10.4 Å². The Morgan fingerprint density at radius 2 is 2.17 bits per heavy atom. The summed E-state index contributed by atoms with van der Waals surface area (Å²) < 4.78 is 6.64. The zero-order valence-corrected chi connectivity index (χ0v) is 15.3. The number of nitrogens with zero attached hydrogens (tertiary/aromatic N) is 2. The van der Waals surface area contributed by atoms with E-state index in [2.05, 4.69) is 29.4 Å². The normalized spacial score (nSPS) is 12.2. The second-order valence-electron chi connectivity index (χ2n) is 5.36. The molecule has 0 saturated heterocycles. The van der Waals surface area contributed by atoms with E-state index in [0.29, 0.717) is 22.6 Å². The molecular weight excluding hydrogens is 330 g/mol. The molecule has 7 heteroatoms. The van der Waals surface area contributed by atoms with Crippen molar-refractivity contribution < 1.29 is 9.53 Å². The number of benzene rings is 1. The van der Waals surface area contributed by atoms with Crippen molar-refractivity contribution in [3.8, 4) is 5.75 Å². The Morgan fingerprint density at radius 3 is 2.83 bits per heavy atom. The Kier molecular flexibility index (Phi) is 6.41. The number of carbonyl (C=O) groups is 1. The van der Waals surface area contributed by atoms with E-state index in [1.54, 1.807) is 11.8 Å². The topological polar surface area (TPSA) is 64.1 Å². The predicted octanol–water partition coefficient (Wildman–Crippen LogP) is 4.14. The van der Waals surface area contributed by atoms with Crippen LogP contribution in [0.25, 0.3) is 0 Å². The van der Waals surface area contributed by atoms with Gasteiger partial charge in [0.25, 0.3) is 5.91 Å². The van der Waals surface area contributed by atoms with Gasteiger partial charge in [-0.2, -0.15) is 0 Å². The van der Waals surface area contributed by atoms with E-state index in [1.165, 1.54) is 11.3 Å². The van der Waals surface area contributed by atoms with Gasteiger partial charge in [-0.1, -0.05) is 56.0 Å². The molecule has 0 aliphatic carbocycles. The van der Waals surface area contributed by atoms with Gasteiger partial charge in [0.2, 0.25) is 5.13 Å². The second-order valence-corrected chi connectivity index (χ2v) is 8.16. The average Bonchev–Trinajstić information content (AvgIpc) is 2.91. The molecule has 1 aromatic carbocycles. The molecule has 0 bridgehead atoms. The highest BCUT2D eigenvalue weighted by atomic mass is 32.2. The van der Waals surface area contributed by atoms with Gasteiger partial charge < -0.3 is 4.74 Å². The Balaban J connectivity index is 1.98. The lowest BCUT2D eigenvalue weighted by molar-refractivity contribution is -0.122. The number of hydrogen-bond donors (Lipinski definition) is 1. The van der Waals surface area contributed by atoms with Gasteiger partial charge in [-0.3, -0.25) is 10.1 Å². The number of aromatic nitrogens is 2. The highest BCUT2D eigenvalue weighted by Crippen LogP contribution is 2.28. The van der Waals surface area contributed by atoms with Gasteiger partial charge in [-0.25, -0.2) is 0 Å². The molecular formula is C16H21N3O2S2. The fourth-order valence-electron chi connectivity index (χ4n) is 1.87. The SMILES string of the molecule is CC[C@H](Oc1cccc(C)c1)C(=O)Nc1nnc(SC(C)C)s1. The van der Waals surface area contributed by atoms with Crippen LogP contribution in [-0.4, -0.2) is 27.5 Å². The smallest absolute Gasteiger partial charge is 0.267 e. The van der Waals surface area contributed by atoms with Crippen LogP contribution in [0.4, 0.5) is 5.13 Å². The van der Waals surface area contributed by atoms with E-state index in [-0.39, 0.29) is 5.91 Å². The number of amides is 1. The van der Waals surface area contributed by atoms with Gasteiger partial charge in [0, 0.05) is 5.25 Å². The van der Waals surface area contributed by atoms with Crippen LogP contribution in [0.1, 0.15) is 32.8 Å². The van der Waals surface area contributed by atoms with Crippen molar-refractivity contribution in [3.63, 3.8) is 0 Å². The van der Waals surface area contributed by atoms with Gasteiger partial charge in [0.1, 0.15) is 5.75 Å². The molecule has 1 N–H and O–H groups in total. The number of rotatable bonds is 7. The van der Waals surface area contributed by atoms with Crippen molar-refractivity contribution in [1.29, 1.82) is 0 Å². The van der Waals surface area contributed by atoms with Crippen LogP contribution < -0.4 is 10.1 Å². The van der Waals surface area contributed by atoms with Gasteiger partial charge in [-0.15, -0.1) is 10.2 Å². The maximum atomic E-state index is 12.4. The molecule has 0 spiro atoms. The standard InChI is InChI=1S/C16H21N3O2S2/c1-5-13(21-12-8-6-7-11(4)9-12)14(20)17-15-18-19-16(23-15)22-10(2)3/h6-10,13H,5H2,1-4H3,(H,17,18,20)/t13-/m0/s1. The number of nitrogens with one attached hydrogen (secondary N) is 1. The first-order chi connectivity index (χ1) is 11.0. The molecule has 0 radical (unpaired) electrons. The van der Waals surface area contributed by atoms with Crippen LogP contribution >= 0.6 is 23.1 Å². The Hall–Kier alpha value is -1.60. The number of aryl methyl sites for hydroxylation is 1. The summed E-state index contributed by atoms with van der Waals surface area (Å²) in [5.41, 5.74) is 1.09. The molecule has 1 atom stereocenters. The first kappa shape index (κ1) is 17.7. The van der Waals surface area contributed by atoms with Gasteiger partial charge in [0.05, 0.1) is 0 Å². The molecule has 1 heterocycles. The minimum atomic E-state index is -0.554. The maximum absolute atomic E-state index is 12.4. The van der Waals surface area contributed by atoms with E-state index in [9.17, 15) is 4.79 Å². The zero-order valence-electron chi connectivity index (χ0n) is 13.7. The maximum Gasteiger partial charge on any atom is 0.267 e. The first-order valence-electron chi connectivity index (χ1n) is 7.52. The first-order valence-corrected chi connectivity index (χ1v) is 9.22. The third-order valence-electron chi connectivity index (χ3n) is 2.90. The van der Waals surface area contributed by atoms with Gasteiger partial charge >= 0.3 is 0 Å². The fraction of sp³-hybridized carbons (Fsp3) is 0.438. The van der Waals surface area contributed by atoms with Crippen molar-refractivity contribution in [3.05, 3.63) is 29.8 Å². The molecule has 5 nitrogen and oxygen atoms in total. The molecule has 0 fully saturated rings. The quantitative estimate of drug-likeness (QED) is 0.600. The monoisotopic (exact) mass is 351 g/mol.